The van der Waals surface area contributed by atoms with E-state index in [0.29, 0.717) is 0 Å². The summed E-state index contributed by atoms with van der Waals surface area (Å²) in [7, 11) is 0. The molecular weight excluding hydrogens is 276 g/mol. The Labute approximate surface area is 137 Å². The van der Waals surface area contributed by atoms with E-state index in [-0.39, 0.29) is 0 Å². The van der Waals surface area contributed by atoms with Gasteiger partial charge in [-0.15, -0.1) is 0 Å². The molecule has 0 atom stereocenters. The minimum absolute atomic E-state index is 1.14. The van der Waals surface area contributed by atoms with Crippen molar-refractivity contribution in [2.45, 2.75) is 6.92 Å². The zero-order chi connectivity index (χ0) is 15.6. The minimum Gasteiger partial charge on any atom is -0.0622 e. The number of benzene rings is 4. The summed E-state index contributed by atoms with van der Waals surface area (Å²) in [5.41, 5.74) is 6.18. The van der Waals surface area contributed by atoms with Crippen molar-refractivity contribution >= 4 is 10.8 Å². The molecule has 0 aromatic heterocycles. The second-order valence-electron chi connectivity index (χ2n) is 5.85. The monoisotopic (exact) mass is 293 g/mol. The first-order chi connectivity index (χ1) is 11.3. The Bertz CT molecular complexity index is 951. The van der Waals surface area contributed by atoms with Crippen LogP contribution in [0.5, 0.6) is 0 Å². The van der Waals surface area contributed by atoms with E-state index >= 15 is 0 Å². The Balaban J connectivity index is 2.09. The molecule has 0 saturated carbocycles. The molecule has 0 fully saturated rings. The van der Waals surface area contributed by atoms with Crippen LogP contribution in [0.1, 0.15) is 5.56 Å². The molecule has 4 aromatic rings. The topological polar surface area (TPSA) is 0 Å². The maximum absolute atomic E-state index is 3.40. The van der Waals surface area contributed by atoms with Crippen molar-refractivity contribution in [1.29, 1.82) is 0 Å². The Kier molecular flexibility index (Phi) is 3.44. The highest BCUT2D eigenvalue weighted by atomic mass is 14.1. The molecule has 4 aromatic carbocycles. The van der Waals surface area contributed by atoms with Crippen LogP contribution in [0.4, 0.5) is 0 Å². The molecule has 0 N–H and O–H groups in total. The van der Waals surface area contributed by atoms with Gasteiger partial charge >= 0.3 is 0 Å². The molecule has 0 aliphatic rings. The van der Waals surface area contributed by atoms with Gasteiger partial charge in [-0.1, -0.05) is 90.5 Å². The zero-order valence-electron chi connectivity index (χ0n) is 13.1. The highest BCUT2D eigenvalue weighted by Gasteiger charge is 2.11. The number of rotatable bonds is 2. The van der Waals surface area contributed by atoms with Crippen LogP contribution in [0.3, 0.4) is 0 Å². The first kappa shape index (κ1) is 13.8. The number of hydrogen-bond acceptors (Lipinski definition) is 0. The lowest BCUT2D eigenvalue weighted by Gasteiger charge is -2.14. The van der Waals surface area contributed by atoms with Crippen LogP contribution in [0.25, 0.3) is 33.0 Å². The standard InChI is InChI=1S/C23H17/c1-17-12-14-22-20(16-17)13-15-21(18-8-4-2-5-9-18)23(22)19-10-6-3-7-11-19/h2-10,12-16H,1H3. The molecule has 0 aliphatic carbocycles. The van der Waals surface area contributed by atoms with Crippen LogP contribution in [0, 0.1) is 13.0 Å². The second-order valence-corrected chi connectivity index (χ2v) is 5.85. The molecule has 0 heteroatoms. The third kappa shape index (κ3) is 2.53. The summed E-state index contributed by atoms with van der Waals surface area (Å²) in [6.07, 6.45) is 0. The Morgan fingerprint density at radius 1 is 0.739 bits per heavy atom. The first-order valence-electron chi connectivity index (χ1n) is 7.89. The Morgan fingerprint density at radius 3 is 2.35 bits per heavy atom. The fourth-order valence-electron chi connectivity index (χ4n) is 3.15. The van der Waals surface area contributed by atoms with Crippen LogP contribution < -0.4 is 0 Å². The van der Waals surface area contributed by atoms with E-state index in [4.69, 9.17) is 0 Å². The van der Waals surface area contributed by atoms with Gasteiger partial charge < -0.3 is 0 Å². The van der Waals surface area contributed by atoms with Gasteiger partial charge in [0.15, 0.2) is 0 Å². The van der Waals surface area contributed by atoms with Gasteiger partial charge in [0.05, 0.1) is 0 Å². The van der Waals surface area contributed by atoms with E-state index in [0.717, 1.165) is 5.56 Å². The van der Waals surface area contributed by atoms with Crippen molar-refractivity contribution in [3.05, 3.63) is 96.6 Å². The Hall–Kier alpha value is -2.86. The number of hydrogen-bond donors (Lipinski definition) is 0. The van der Waals surface area contributed by atoms with E-state index in [2.05, 4.69) is 85.8 Å². The van der Waals surface area contributed by atoms with Crippen LogP contribution in [0.15, 0.2) is 84.9 Å². The van der Waals surface area contributed by atoms with Crippen LogP contribution in [-0.4, -0.2) is 0 Å². The van der Waals surface area contributed by atoms with Gasteiger partial charge in [0.25, 0.3) is 0 Å². The summed E-state index contributed by atoms with van der Waals surface area (Å²) in [5.74, 6) is 0. The summed E-state index contributed by atoms with van der Waals surface area (Å²) in [6, 6.07) is 33.3. The normalized spacial score (nSPS) is 10.8. The van der Waals surface area contributed by atoms with E-state index in [1.165, 1.54) is 33.0 Å². The number of aryl methyl sites for hydroxylation is 1. The van der Waals surface area contributed by atoms with Crippen molar-refractivity contribution in [2.24, 2.45) is 0 Å². The second kappa shape index (κ2) is 5.73. The van der Waals surface area contributed by atoms with Crippen molar-refractivity contribution < 1.29 is 0 Å². The molecule has 0 nitrogen and oxygen atoms in total. The fraction of sp³-hybridized carbons (Fsp3) is 0.0435. The highest BCUT2D eigenvalue weighted by molar-refractivity contribution is 6.04. The predicted molar refractivity (Wildman–Crippen MR) is 98.4 cm³/mol. The van der Waals surface area contributed by atoms with Gasteiger partial charge in [-0.2, -0.15) is 0 Å². The third-order valence-electron chi connectivity index (χ3n) is 4.24. The SMILES string of the molecule is Cc1ccc2c(-c3[c]cccc3)c(-c3ccccc3)ccc2c1. The van der Waals surface area contributed by atoms with Crippen LogP contribution in [-0.2, 0) is 0 Å². The molecule has 0 unspecified atom stereocenters. The number of fused-ring (bicyclic) bond motifs is 1. The largest absolute Gasteiger partial charge is 0.0622 e. The van der Waals surface area contributed by atoms with E-state index in [9.17, 15) is 0 Å². The first-order valence-corrected chi connectivity index (χ1v) is 7.89. The van der Waals surface area contributed by atoms with Gasteiger partial charge in [-0.05, 0) is 46.0 Å². The third-order valence-corrected chi connectivity index (χ3v) is 4.24. The molecule has 0 spiro atoms. The summed E-state index contributed by atoms with van der Waals surface area (Å²) < 4.78 is 0. The minimum atomic E-state index is 1.14. The van der Waals surface area contributed by atoms with E-state index < -0.39 is 0 Å². The van der Waals surface area contributed by atoms with E-state index in [1.807, 2.05) is 12.1 Å². The van der Waals surface area contributed by atoms with Crippen molar-refractivity contribution in [3.8, 4) is 22.3 Å². The van der Waals surface area contributed by atoms with Crippen LogP contribution in [0.2, 0.25) is 0 Å². The molecule has 0 bridgehead atoms. The fourth-order valence-corrected chi connectivity index (χ4v) is 3.15. The van der Waals surface area contributed by atoms with Crippen molar-refractivity contribution in [1.82, 2.24) is 0 Å². The van der Waals surface area contributed by atoms with Gasteiger partial charge in [0.1, 0.15) is 0 Å². The molecule has 23 heavy (non-hydrogen) atoms. The summed E-state index contributed by atoms with van der Waals surface area (Å²) in [4.78, 5) is 0. The lowest BCUT2D eigenvalue weighted by atomic mass is 9.89. The van der Waals surface area contributed by atoms with Gasteiger partial charge in [-0.25, -0.2) is 0 Å². The molecular formula is C23H17. The predicted octanol–water partition coefficient (Wildman–Crippen LogP) is 6.28. The average Bonchev–Trinajstić information content (AvgIpc) is 2.62. The molecule has 0 heterocycles. The smallest absolute Gasteiger partial charge is 0.00206 e. The maximum Gasteiger partial charge on any atom is -0.00206 e. The molecule has 109 valence electrons. The van der Waals surface area contributed by atoms with Crippen LogP contribution >= 0.6 is 0 Å². The van der Waals surface area contributed by atoms with Gasteiger partial charge in [0.2, 0.25) is 0 Å². The van der Waals surface area contributed by atoms with Gasteiger partial charge in [-0.3, -0.25) is 0 Å². The van der Waals surface area contributed by atoms with Gasteiger partial charge in [0, 0.05) is 0 Å². The average molecular weight is 293 g/mol. The molecule has 0 aliphatic heterocycles. The molecule has 0 saturated heterocycles. The summed E-state index contributed by atoms with van der Waals surface area (Å²) in [6.45, 7) is 2.14. The van der Waals surface area contributed by atoms with Crippen molar-refractivity contribution in [3.63, 3.8) is 0 Å². The molecule has 4 rings (SSSR count). The zero-order valence-corrected chi connectivity index (χ0v) is 13.1. The molecule has 0 amide bonds. The lowest BCUT2D eigenvalue weighted by molar-refractivity contribution is 1.50. The maximum atomic E-state index is 3.40. The quantitative estimate of drug-likeness (QED) is 0.408. The van der Waals surface area contributed by atoms with Crippen molar-refractivity contribution in [2.75, 3.05) is 0 Å². The van der Waals surface area contributed by atoms with E-state index in [1.54, 1.807) is 0 Å². The molecule has 1 radical (unpaired) electrons. The Morgan fingerprint density at radius 2 is 1.57 bits per heavy atom. The lowest BCUT2D eigenvalue weighted by Crippen LogP contribution is -1.88. The summed E-state index contributed by atoms with van der Waals surface area (Å²) >= 11 is 0. The summed E-state index contributed by atoms with van der Waals surface area (Å²) in [5, 5.41) is 2.55. The highest BCUT2D eigenvalue weighted by Crippen LogP contribution is 2.38.